The molecule has 21 heavy (non-hydrogen) atoms. The molecular formula is C17H29N3O. The largest absolute Gasteiger partial charge is 0.397 e. The van der Waals surface area contributed by atoms with E-state index in [0.717, 1.165) is 12.2 Å². The lowest BCUT2D eigenvalue weighted by molar-refractivity contribution is 0.0963. The summed E-state index contributed by atoms with van der Waals surface area (Å²) in [6, 6.07) is 5.33. The number of hydrogen-bond donors (Lipinski definition) is 3. The van der Waals surface area contributed by atoms with E-state index in [0.29, 0.717) is 11.3 Å². The number of anilines is 2. The van der Waals surface area contributed by atoms with Crippen LogP contribution in [0.3, 0.4) is 0 Å². The quantitative estimate of drug-likeness (QED) is 0.506. The molecule has 0 fully saturated rings. The number of benzene rings is 1. The van der Waals surface area contributed by atoms with E-state index in [-0.39, 0.29) is 11.3 Å². The molecule has 0 aromatic heterocycles. The van der Waals surface area contributed by atoms with Crippen LogP contribution in [-0.2, 0) is 0 Å². The first-order valence-corrected chi connectivity index (χ1v) is 7.75. The van der Waals surface area contributed by atoms with Crippen LogP contribution in [-0.4, -0.2) is 19.5 Å². The minimum atomic E-state index is -0.0970. The average Bonchev–Trinajstić information content (AvgIpc) is 2.46. The van der Waals surface area contributed by atoms with Crippen LogP contribution < -0.4 is 16.4 Å². The Morgan fingerprint density at radius 3 is 2.62 bits per heavy atom. The highest BCUT2D eigenvalue weighted by Crippen LogP contribution is 2.26. The standard InChI is InChI=1S/C17H29N3O/c1-5-6-7-10-17(2,3)12-20-15-11-13(16(21)19-4)8-9-14(15)18/h8-9,11,20H,5-7,10,12,18H2,1-4H3,(H,19,21). The van der Waals surface area contributed by atoms with Crippen LogP contribution in [0, 0.1) is 5.41 Å². The second-order valence-corrected chi connectivity index (χ2v) is 6.36. The third-order valence-corrected chi connectivity index (χ3v) is 3.76. The van der Waals surface area contributed by atoms with Gasteiger partial charge < -0.3 is 16.4 Å². The molecule has 1 amide bonds. The molecular weight excluding hydrogens is 262 g/mol. The SMILES string of the molecule is CCCCCC(C)(C)CNc1cc(C(=O)NC)ccc1N. The summed E-state index contributed by atoms with van der Waals surface area (Å²) in [4.78, 5) is 11.7. The fourth-order valence-electron chi connectivity index (χ4n) is 2.27. The van der Waals surface area contributed by atoms with Crippen molar-refractivity contribution < 1.29 is 4.79 Å². The number of nitrogens with two attached hydrogens (primary N) is 1. The lowest BCUT2D eigenvalue weighted by Crippen LogP contribution is -2.24. The van der Waals surface area contributed by atoms with Gasteiger partial charge in [0.1, 0.15) is 0 Å². The summed E-state index contributed by atoms with van der Waals surface area (Å²) in [5.74, 6) is -0.0970. The maximum atomic E-state index is 11.7. The number of unbranched alkanes of at least 4 members (excludes halogenated alkanes) is 2. The van der Waals surface area contributed by atoms with Crippen molar-refractivity contribution in [2.75, 3.05) is 24.6 Å². The molecule has 0 unspecified atom stereocenters. The van der Waals surface area contributed by atoms with Crippen LogP contribution in [0.25, 0.3) is 0 Å². The van der Waals surface area contributed by atoms with Gasteiger partial charge in [-0.15, -0.1) is 0 Å². The summed E-state index contributed by atoms with van der Waals surface area (Å²) in [6.45, 7) is 7.58. The van der Waals surface area contributed by atoms with Crippen molar-refractivity contribution in [2.45, 2.75) is 46.5 Å². The molecule has 0 atom stereocenters. The molecule has 0 aliphatic carbocycles. The first kappa shape index (κ1) is 17.3. The zero-order valence-corrected chi connectivity index (χ0v) is 13.8. The van der Waals surface area contributed by atoms with Gasteiger partial charge in [0, 0.05) is 19.2 Å². The first-order chi connectivity index (χ1) is 9.89. The molecule has 0 saturated carbocycles. The summed E-state index contributed by atoms with van der Waals surface area (Å²) >= 11 is 0. The highest BCUT2D eigenvalue weighted by Gasteiger charge is 2.17. The van der Waals surface area contributed by atoms with Gasteiger partial charge in [-0.05, 0) is 30.0 Å². The summed E-state index contributed by atoms with van der Waals surface area (Å²) in [5, 5.41) is 6.02. The van der Waals surface area contributed by atoms with Crippen molar-refractivity contribution in [3.8, 4) is 0 Å². The van der Waals surface area contributed by atoms with Gasteiger partial charge in [0.25, 0.3) is 5.91 Å². The monoisotopic (exact) mass is 291 g/mol. The van der Waals surface area contributed by atoms with E-state index in [1.54, 1.807) is 19.2 Å². The van der Waals surface area contributed by atoms with Gasteiger partial charge >= 0.3 is 0 Å². The Bertz CT molecular complexity index is 469. The summed E-state index contributed by atoms with van der Waals surface area (Å²) in [6.07, 6.45) is 4.95. The molecule has 1 rings (SSSR count). The summed E-state index contributed by atoms with van der Waals surface area (Å²) in [5.41, 5.74) is 8.33. The Labute approximate surface area is 128 Å². The van der Waals surface area contributed by atoms with E-state index in [1.165, 1.54) is 25.7 Å². The highest BCUT2D eigenvalue weighted by molar-refractivity contribution is 5.96. The third kappa shape index (κ3) is 5.66. The van der Waals surface area contributed by atoms with Crippen LogP contribution in [0.4, 0.5) is 11.4 Å². The molecule has 0 radical (unpaired) electrons. The van der Waals surface area contributed by atoms with Gasteiger partial charge in [0.05, 0.1) is 11.4 Å². The van der Waals surface area contributed by atoms with Gasteiger partial charge in [-0.25, -0.2) is 0 Å². The first-order valence-electron chi connectivity index (χ1n) is 7.75. The molecule has 0 aliphatic heterocycles. The van der Waals surface area contributed by atoms with Crippen LogP contribution in [0.5, 0.6) is 0 Å². The van der Waals surface area contributed by atoms with Gasteiger partial charge in [-0.2, -0.15) is 0 Å². The van der Waals surface area contributed by atoms with Crippen molar-refractivity contribution in [1.29, 1.82) is 0 Å². The number of carbonyl (C=O) groups excluding carboxylic acids is 1. The van der Waals surface area contributed by atoms with E-state index in [1.807, 2.05) is 6.07 Å². The highest BCUT2D eigenvalue weighted by atomic mass is 16.1. The second kappa shape index (κ2) is 7.91. The Hall–Kier alpha value is -1.71. The van der Waals surface area contributed by atoms with Crippen molar-refractivity contribution in [3.63, 3.8) is 0 Å². The normalized spacial score (nSPS) is 11.2. The Kier molecular flexibility index (Phi) is 6.53. The maximum Gasteiger partial charge on any atom is 0.251 e. The average molecular weight is 291 g/mol. The summed E-state index contributed by atoms with van der Waals surface area (Å²) in [7, 11) is 1.63. The van der Waals surface area contributed by atoms with Crippen LogP contribution in [0.1, 0.15) is 56.8 Å². The number of nitrogen functional groups attached to an aromatic ring is 1. The van der Waals surface area contributed by atoms with Gasteiger partial charge in [-0.3, -0.25) is 4.79 Å². The molecule has 1 aromatic carbocycles. The van der Waals surface area contributed by atoms with Crippen LogP contribution >= 0.6 is 0 Å². The van der Waals surface area contributed by atoms with Crippen LogP contribution in [0.15, 0.2) is 18.2 Å². The van der Waals surface area contributed by atoms with E-state index in [4.69, 9.17) is 5.73 Å². The Balaban J connectivity index is 2.67. The number of rotatable bonds is 8. The second-order valence-electron chi connectivity index (χ2n) is 6.36. The zero-order chi connectivity index (χ0) is 15.9. The number of amides is 1. The minimum absolute atomic E-state index is 0.0970. The Morgan fingerprint density at radius 1 is 1.29 bits per heavy atom. The molecule has 0 aliphatic rings. The molecule has 0 bridgehead atoms. The fraction of sp³-hybridized carbons (Fsp3) is 0.588. The van der Waals surface area contributed by atoms with E-state index in [9.17, 15) is 4.79 Å². The minimum Gasteiger partial charge on any atom is -0.397 e. The van der Waals surface area contributed by atoms with Crippen molar-refractivity contribution in [2.24, 2.45) is 5.41 Å². The number of nitrogens with one attached hydrogen (secondary N) is 2. The molecule has 1 aromatic rings. The van der Waals surface area contributed by atoms with E-state index < -0.39 is 0 Å². The molecule has 4 heteroatoms. The van der Waals surface area contributed by atoms with Crippen molar-refractivity contribution >= 4 is 17.3 Å². The van der Waals surface area contributed by atoms with Crippen LogP contribution in [0.2, 0.25) is 0 Å². The van der Waals surface area contributed by atoms with Crippen molar-refractivity contribution in [3.05, 3.63) is 23.8 Å². The topological polar surface area (TPSA) is 67.2 Å². The lowest BCUT2D eigenvalue weighted by atomic mass is 9.87. The predicted molar refractivity (Wildman–Crippen MR) is 90.7 cm³/mol. The van der Waals surface area contributed by atoms with Gasteiger partial charge in [0.15, 0.2) is 0 Å². The Morgan fingerprint density at radius 2 is 2.00 bits per heavy atom. The molecule has 4 N–H and O–H groups in total. The van der Waals surface area contributed by atoms with E-state index >= 15 is 0 Å². The molecule has 0 heterocycles. The zero-order valence-electron chi connectivity index (χ0n) is 13.8. The van der Waals surface area contributed by atoms with E-state index in [2.05, 4.69) is 31.4 Å². The van der Waals surface area contributed by atoms with Gasteiger partial charge in [0.2, 0.25) is 0 Å². The number of hydrogen-bond acceptors (Lipinski definition) is 3. The molecule has 4 nitrogen and oxygen atoms in total. The molecule has 0 spiro atoms. The fourth-order valence-corrected chi connectivity index (χ4v) is 2.27. The smallest absolute Gasteiger partial charge is 0.251 e. The maximum absolute atomic E-state index is 11.7. The van der Waals surface area contributed by atoms with Gasteiger partial charge in [-0.1, -0.05) is 40.0 Å². The lowest BCUT2D eigenvalue weighted by Gasteiger charge is -2.26. The molecule has 118 valence electrons. The number of carbonyl (C=O) groups is 1. The predicted octanol–water partition coefficient (Wildman–Crippen LogP) is 3.65. The van der Waals surface area contributed by atoms with Crippen molar-refractivity contribution in [1.82, 2.24) is 5.32 Å². The molecule has 0 saturated heterocycles. The summed E-state index contributed by atoms with van der Waals surface area (Å²) < 4.78 is 0. The third-order valence-electron chi connectivity index (χ3n) is 3.76.